The van der Waals surface area contributed by atoms with Crippen molar-refractivity contribution in [2.24, 2.45) is 0 Å². The molecule has 0 saturated heterocycles. The van der Waals surface area contributed by atoms with Crippen LogP contribution >= 0.6 is 0 Å². The first-order valence-corrected chi connectivity index (χ1v) is 8.40. The van der Waals surface area contributed by atoms with Crippen LogP contribution in [0.3, 0.4) is 0 Å². The molecule has 0 aliphatic rings. The smallest absolute Gasteiger partial charge is 0.276 e. The number of anilines is 1. The van der Waals surface area contributed by atoms with Gasteiger partial charge in [-0.15, -0.1) is 0 Å². The molecule has 2 aromatic carbocycles. The number of nitrogens with one attached hydrogen (secondary N) is 1. The molecule has 1 N–H and O–H groups in total. The van der Waals surface area contributed by atoms with Crippen molar-refractivity contribution in [3.63, 3.8) is 0 Å². The van der Waals surface area contributed by atoms with Crippen molar-refractivity contribution in [2.45, 2.75) is 0 Å². The van der Waals surface area contributed by atoms with Crippen LogP contribution in [0.25, 0.3) is 5.69 Å². The summed E-state index contributed by atoms with van der Waals surface area (Å²) >= 11 is 0. The predicted octanol–water partition coefficient (Wildman–Crippen LogP) is 3.06. The number of amides is 1. The molecule has 0 aliphatic heterocycles. The van der Waals surface area contributed by atoms with Crippen LogP contribution in [0.2, 0.25) is 0 Å². The monoisotopic (exact) mass is 382 g/mol. The number of ether oxygens (including phenoxy) is 2. The predicted molar refractivity (Wildman–Crippen MR) is 102 cm³/mol. The lowest BCUT2D eigenvalue weighted by atomic mass is 10.3. The Balaban J connectivity index is 1.63. The van der Waals surface area contributed by atoms with E-state index in [1.807, 2.05) is 0 Å². The van der Waals surface area contributed by atoms with Crippen LogP contribution in [-0.4, -0.2) is 40.9 Å². The summed E-state index contributed by atoms with van der Waals surface area (Å²) < 4.78 is 11.9. The van der Waals surface area contributed by atoms with E-state index in [-0.39, 0.29) is 17.3 Å². The number of carbonyl (C=O) groups excluding carboxylic acids is 1. The summed E-state index contributed by atoms with van der Waals surface area (Å²) in [5, 5.41) is 17.7. The van der Waals surface area contributed by atoms with E-state index in [0.29, 0.717) is 30.3 Å². The molecule has 0 aliphatic carbocycles. The largest absolute Gasteiger partial charge is 0.491 e. The van der Waals surface area contributed by atoms with Crippen LogP contribution in [-0.2, 0) is 4.74 Å². The Morgan fingerprint density at radius 1 is 1.11 bits per heavy atom. The van der Waals surface area contributed by atoms with Gasteiger partial charge in [-0.25, -0.2) is 4.68 Å². The second-order valence-corrected chi connectivity index (χ2v) is 5.74. The highest BCUT2D eigenvalue weighted by Crippen LogP contribution is 2.17. The maximum atomic E-state index is 12.4. The lowest BCUT2D eigenvalue weighted by molar-refractivity contribution is -0.384. The minimum absolute atomic E-state index is 0.0106. The highest BCUT2D eigenvalue weighted by molar-refractivity contribution is 6.02. The van der Waals surface area contributed by atoms with E-state index in [1.54, 1.807) is 55.8 Å². The molecule has 0 spiro atoms. The number of rotatable bonds is 8. The molecule has 28 heavy (non-hydrogen) atoms. The molecular weight excluding hydrogens is 364 g/mol. The number of aromatic nitrogens is 2. The van der Waals surface area contributed by atoms with Crippen molar-refractivity contribution in [1.29, 1.82) is 0 Å². The number of non-ortho nitro benzene ring substituents is 1. The number of hydrogen-bond donors (Lipinski definition) is 1. The van der Waals surface area contributed by atoms with Gasteiger partial charge in [0.15, 0.2) is 5.69 Å². The van der Waals surface area contributed by atoms with Gasteiger partial charge < -0.3 is 14.8 Å². The number of hydrogen-bond acceptors (Lipinski definition) is 6. The molecule has 1 heterocycles. The van der Waals surface area contributed by atoms with Gasteiger partial charge in [-0.2, -0.15) is 5.10 Å². The zero-order chi connectivity index (χ0) is 19.9. The quantitative estimate of drug-likeness (QED) is 0.364. The molecule has 0 bridgehead atoms. The first-order chi connectivity index (χ1) is 13.6. The molecule has 0 fully saturated rings. The summed E-state index contributed by atoms with van der Waals surface area (Å²) in [6.07, 6.45) is 1.61. The molecule has 9 nitrogen and oxygen atoms in total. The minimum Gasteiger partial charge on any atom is -0.491 e. The fourth-order valence-corrected chi connectivity index (χ4v) is 2.39. The number of benzene rings is 2. The van der Waals surface area contributed by atoms with Crippen LogP contribution in [0.4, 0.5) is 11.4 Å². The molecule has 1 amide bonds. The molecule has 144 valence electrons. The van der Waals surface area contributed by atoms with Gasteiger partial charge in [-0.1, -0.05) is 0 Å². The summed E-state index contributed by atoms with van der Waals surface area (Å²) in [5.74, 6) is 0.311. The molecule has 3 rings (SSSR count). The SMILES string of the molecule is COCCOc1ccc(NC(=O)c2ccn(-c3ccc([N+](=O)[O-])cc3)n2)cc1. The maximum Gasteiger partial charge on any atom is 0.276 e. The van der Waals surface area contributed by atoms with Crippen molar-refractivity contribution in [1.82, 2.24) is 9.78 Å². The van der Waals surface area contributed by atoms with Crippen LogP contribution in [0, 0.1) is 10.1 Å². The van der Waals surface area contributed by atoms with E-state index in [2.05, 4.69) is 10.4 Å². The Labute approximate surface area is 160 Å². The molecule has 0 saturated carbocycles. The second kappa shape index (κ2) is 8.78. The van der Waals surface area contributed by atoms with Gasteiger partial charge >= 0.3 is 0 Å². The molecule has 0 atom stereocenters. The molecule has 0 radical (unpaired) electrons. The van der Waals surface area contributed by atoms with Gasteiger partial charge in [-0.05, 0) is 42.5 Å². The topological polar surface area (TPSA) is 109 Å². The Hall–Kier alpha value is -3.72. The fraction of sp³-hybridized carbons (Fsp3) is 0.158. The molecular formula is C19H18N4O5. The second-order valence-electron chi connectivity index (χ2n) is 5.74. The number of nitrogens with zero attached hydrogens (tertiary/aromatic N) is 3. The lowest BCUT2D eigenvalue weighted by Crippen LogP contribution is -2.13. The van der Waals surface area contributed by atoms with E-state index in [9.17, 15) is 14.9 Å². The van der Waals surface area contributed by atoms with E-state index >= 15 is 0 Å². The van der Waals surface area contributed by atoms with Crippen molar-refractivity contribution in [3.8, 4) is 11.4 Å². The van der Waals surface area contributed by atoms with Crippen LogP contribution in [0.5, 0.6) is 5.75 Å². The summed E-state index contributed by atoms with van der Waals surface area (Å²) in [5.41, 5.74) is 1.43. The highest BCUT2D eigenvalue weighted by Gasteiger charge is 2.12. The normalized spacial score (nSPS) is 10.5. The molecule has 0 unspecified atom stereocenters. The van der Waals surface area contributed by atoms with Crippen molar-refractivity contribution >= 4 is 17.3 Å². The maximum absolute atomic E-state index is 12.4. The Kier molecular flexibility index (Phi) is 5.97. The van der Waals surface area contributed by atoms with E-state index in [0.717, 1.165) is 0 Å². The first kappa shape index (κ1) is 19.1. The minimum atomic E-state index is -0.473. The third kappa shape index (κ3) is 4.71. The Morgan fingerprint density at radius 2 is 1.82 bits per heavy atom. The molecule has 9 heteroatoms. The third-order valence-corrected chi connectivity index (χ3v) is 3.82. The Bertz CT molecular complexity index is 951. The van der Waals surface area contributed by atoms with Crippen LogP contribution in [0.1, 0.15) is 10.5 Å². The average molecular weight is 382 g/mol. The van der Waals surface area contributed by atoms with Gasteiger partial charge in [0.1, 0.15) is 12.4 Å². The number of methoxy groups -OCH3 is 1. The van der Waals surface area contributed by atoms with Gasteiger partial charge in [0.05, 0.1) is 17.2 Å². The third-order valence-electron chi connectivity index (χ3n) is 3.82. The van der Waals surface area contributed by atoms with Gasteiger partial charge in [0.25, 0.3) is 11.6 Å². The fourth-order valence-electron chi connectivity index (χ4n) is 2.39. The van der Waals surface area contributed by atoms with Gasteiger partial charge in [0, 0.05) is 31.1 Å². The van der Waals surface area contributed by atoms with E-state index in [1.165, 1.54) is 16.8 Å². The van der Waals surface area contributed by atoms with Gasteiger partial charge in [-0.3, -0.25) is 14.9 Å². The zero-order valence-electron chi connectivity index (χ0n) is 15.1. The average Bonchev–Trinajstić information content (AvgIpc) is 3.20. The van der Waals surface area contributed by atoms with E-state index < -0.39 is 4.92 Å². The van der Waals surface area contributed by atoms with Gasteiger partial charge in [0.2, 0.25) is 0 Å². The van der Waals surface area contributed by atoms with Crippen LogP contribution in [0.15, 0.2) is 60.8 Å². The number of carbonyl (C=O) groups is 1. The van der Waals surface area contributed by atoms with Crippen molar-refractivity contribution in [3.05, 3.63) is 76.6 Å². The standard InChI is InChI=1S/C19H18N4O5/c1-27-12-13-28-17-8-2-14(3-9-17)20-19(24)18-10-11-22(21-18)15-4-6-16(7-5-15)23(25)26/h2-11H,12-13H2,1H3,(H,20,24). The lowest BCUT2D eigenvalue weighted by Gasteiger charge is -2.07. The summed E-state index contributed by atoms with van der Waals surface area (Å²) in [6, 6.07) is 14.4. The number of nitro groups is 1. The zero-order valence-corrected chi connectivity index (χ0v) is 15.1. The first-order valence-electron chi connectivity index (χ1n) is 8.40. The summed E-state index contributed by atoms with van der Waals surface area (Å²) in [7, 11) is 1.60. The highest BCUT2D eigenvalue weighted by atomic mass is 16.6. The summed E-state index contributed by atoms with van der Waals surface area (Å²) in [6.45, 7) is 0.943. The van der Waals surface area contributed by atoms with Crippen molar-refractivity contribution < 1.29 is 19.2 Å². The number of nitro benzene ring substituents is 1. The van der Waals surface area contributed by atoms with Crippen molar-refractivity contribution in [2.75, 3.05) is 25.6 Å². The Morgan fingerprint density at radius 3 is 2.46 bits per heavy atom. The summed E-state index contributed by atoms with van der Waals surface area (Å²) in [4.78, 5) is 22.6. The van der Waals surface area contributed by atoms with Crippen LogP contribution < -0.4 is 10.1 Å². The molecule has 3 aromatic rings. The molecule has 1 aromatic heterocycles. The van der Waals surface area contributed by atoms with E-state index in [4.69, 9.17) is 9.47 Å².